The summed E-state index contributed by atoms with van der Waals surface area (Å²) >= 11 is 0. The first-order valence-corrected chi connectivity index (χ1v) is 6.74. The van der Waals surface area contributed by atoms with Crippen molar-refractivity contribution in [1.82, 2.24) is 20.2 Å². The minimum Gasteiger partial charge on any atom is -0.317 e. The Bertz CT molecular complexity index is 434. The van der Waals surface area contributed by atoms with Crippen molar-refractivity contribution >= 4 is 10.0 Å². The maximum absolute atomic E-state index is 12.0. The fourth-order valence-electron chi connectivity index (χ4n) is 1.85. The molecular weight excluding hydrogens is 228 g/mol. The van der Waals surface area contributed by atoms with E-state index in [9.17, 15) is 8.42 Å². The fraction of sp³-hybridized carbons (Fsp3) is 0.667. The van der Waals surface area contributed by atoms with E-state index in [0.717, 1.165) is 25.9 Å². The van der Waals surface area contributed by atoms with Gasteiger partial charge in [0, 0.05) is 11.7 Å². The van der Waals surface area contributed by atoms with Gasteiger partial charge in [-0.15, -0.1) is 0 Å². The lowest BCUT2D eigenvalue weighted by Crippen LogP contribution is -2.52. The molecule has 1 aromatic heterocycles. The normalized spacial score (nSPS) is 20.8. The van der Waals surface area contributed by atoms with E-state index in [1.54, 1.807) is 0 Å². The summed E-state index contributed by atoms with van der Waals surface area (Å²) in [6, 6.07) is 0. The first-order valence-electron chi connectivity index (χ1n) is 5.25. The number of hydrogen-bond acceptors (Lipinski definition) is 4. The molecule has 0 saturated carbocycles. The lowest BCUT2D eigenvalue weighted by Gasteiger charge is -2.34. The Morgan fingerprint density at radius 3 is 2.69 bits per heavy atom. The van der Waals surface area contributed by atoms with Crippen molar-refractivity contribution in [3.05, 3.63) is 12.4 Å². The highest BCUT2D eigenvalue weighted by Gasteiger charge is 2.32. The van der Waals surface area contributed by atoms with Crippen LogP contribution in [0.4, 0.5) is 0 Å². The van der Waals surface area contributed by atoms with E-state index in [4.69, 9.17) is 0 Å². The third-order valence-corrected chi connectivity index (χ3v) is 4.48. The Labute approximate surface area is 94.9 Å². The molecule has 1 aliphatic rings. The number of aromatic amines is 1. The summed E-state index contributed by atoms with van der Waals surface area (Å²) < 4.78 is 26.7. The van der Waals surface area contributed by atoms with Crippen molar-refractivity contribution in [3.8, 4) is 0 Å². The standard InChI is InChI=1S/C9H16N4O2S/c1-9(2-4-10-5-3-9)13-16(14,15)8-6-11-12-7-8/h6-7,10,13H,2-5H2,1H3,(H,11,12). The average Bonchev–Trinajstić information content (AvgIpc) is 2.70. The van der Waals surface area contributed by atoms with Crippen LogP contribution < -0.4 is 10.0 Å². The van der Waals surface area contributed by atoms with Gasteiger partial charge in [0.15, 0.2) is 0 Å². The van der Waals surface area contributed by atoms with Gasteiger partial charge in [-0.2, -0.15) is 5.10 Å². The molecule has 1 aliphatic heterocycles. The molecular formula is C9H16N4O2S. The van der Waals surface area contributed by atoms with Gasteiger partial charge in [0.2, 0.25) is 10.0 Å². The molecule has 0 aromatic carbocycles. The van der Waals surface area contributed by atoms with Crippen LogP contribution in [0, 0.1) is 0 Å². The van der Waals surface area contributed by atoms with Gasteiger partial charge >= 0.3 is 0 Å². The van der Waals surface area contributed by atoms with Gasteiger partial charge in [-0.25, -0.2) is 13.1 Å². The van der Waals surface area contributed by atoms with E-state index in [1.165, 1.54) is 12.4 Å². The van der Waals surface area contributed by atoms with Gasteiger partial charge in [-0.05, 0) is 32.9 Å². The number of sulfonamides is 1. The van der Waals surface area contributed by atoms with Crippen molar-refractivity contribution in [3.63, 3.8) is 0 Å². The second kappa shape index (κ2) is 4.15. The van der Waals surface area contributed by atoms with Gasteiger partial charge < -0.3 is 5.32 Å². The van der Waals surface area contributed by atoms with E-state index in [1.807, 2.05) is 6.92 Å². The monoisotopic (exact) mass is 244 g/mol. The average molecular weight is 244 g/mol. The zero-order valence-corrected chi connectivity index (χ0v) is 9.97. The molecule has 6 nitrogen and oxygen atoms in total. The number of piperidine rings is 1. The summed E-state index contributed by atoms with van der Waals surface area (Å²) in [5, 5.41) is 9.36. The highest BCUT2D eigenvalue weighted by atomic mass is 32.2. The highest BCUT2D eigenvalue weighted by molar-refractivity contribution is 7.89. The van der Waals surface area contributed by atoms with Crippen LogP contribution in [-0.2, 0) is 10.0 Å². The second-order valence-electron chi connectivity index (χ2n) is 4.35. The summed E-state index contributed by atoms with van der Waals surface area (Å²) in [7, 11) is -3.45. The lowest BCUT2D eigenvalue weighted by molar-refractivity contribution is 0.308. The maximum atomic E-state index is 12.0. The van der Waals surface area contributed by atoms with Crippen LogP contribution in [-0.4, -0.2) is 37.2 Å². The van der Waals surface area contributed by atoms with Gasteiger partial charge in [-0.3, -0.25) is 5.10 Å². The predicted molar refractivity (Wildman–Crippen MR) is 59.4 cm³/mol. The number of hydrogen-bond donors (Lipinski definition) is 3. The smallest absolute Gasteiger partial charge is 0.244 e. The Morgan fingerprint density at radius 2 is 2.12 bits per heavy atom. The topological polar surface area (TPSA) is 86.9 Å². The van der Waals surface area contributed by atoms with E-state index in [-0.39, 0.29) is 10.4 Å². The van der Waals surface area contributed by atoms with Crippen LogP contribution in [0.3, 0.4) is 0 Å². The summed E-state index contributed by atoms with van der Waals surface area (Å²) in [6.45, 7) is 3.61. The molecule has 0 radical (unpaired) electrons. The molecule has 1 saturated heterocycles. The third-order valence-electron chi connectivity index (χ3n) is 2.87. The number of H-pyrrole nitrogens is 1. The summed E-state index contributed by atoms with van der Waals surface area (Å²) in [6.07, 6.45) is 4.29. The van der Waals surface area contributed by atoms with Crippen LogP contribution in [0.25, 0.3) is 0 Å². The summed E-state index contributed by atoms with van der Waals surface area (Å²) in [5.41, 5.74) is -0.360. The molecule has 0 atom stereocenters. The van der Waals surface area contributed by atoms with Crippen molar-refractivity contribution in [1.29, 1.82) is 0 Å². The van der Waals surface area contributed by atoms with Crippen LogP contribution in [0.2, 0.25) is 0 Å². The minimum atomic E-state index is -3.45. The Balaban J connectivity index is 2.14. The predicted octanol–water partition coefficient (Wildman–Crippen LogP) is -0.170. The Kier molecular flexibility index (Phi) is 3.00. The largest absolute Gasteiger partial charge is 0.317 e. The van der Waals surface area contributed by atoms with E-state index < -0.39 is 10.0 Å². The van der Waals surface area contributed by atoms with Crippen LogP contribution in [0.15, 0.2) is 17.3 Å². The van der Waals surface area contributed by atoms with Crippen LogP contribution in [0.5, 0.6) is 0 Å². The van der Waals surface area contributed by atoms with Crippen molar-refractivity contribution in [2.75, 3.05) is 13.1 Å². The molecule has 0 amide bonds. The van der Waals surface area contributed by atoms with Crippen molar-refractivity contribution in [2.45, 2.75) is 30.2 Å². The SMILES string of the molecule is CC1(NS(=O)(=O)c2cn[nH]c2)CCNCC1. The van der Waals surface area contributed by atoms with Crippen LogP contribution in [0.1, 0.15) is 19.8 Å². The summed E-state index contributed by atoms with van der Waals surface area (Å²) in [5.74, 6) is 0. The molecule has 3 N–H and O–H groups in total. The maximum Gasteiger partial charge on any atom is 0.244 e. The highest BCUT2D eigenvalue weighted by Crippen LogP contribution is 2.20. The first kappa shape index (κ1) is 11.6. The Hall–Kier alpha value is -0.920. The van der Waals surface area contributed by atoms with Crippen LogP contribution >= 0.6 is 0 Å². The molecule has 2 heterocycles. The second-order valence-corrected chi connectivity index (χ2v) is 6.03. The fourth-order valence-corrected chi connectivity index (χ4v) is 3.22. The van der Waals surface area contributed by atoms with E-state index in [0.29, 0.717) is 0 Å². The first-order chi connectivity index (χ1) is 7.52. The molecule has 1 aromatic rings. The number of rotatable bonds is 3. The van der Waals surface area contributed by atoms with E-state index >= 15 is 0 Å². The van der Waals surface area contributed by atoms with Gasteiger partial charge in [0.05, 0.1) is 6.20 Å². The molecule has 16 heavy (non-hydrogen) atoms. The zero-order chi connectivity index (χ0) is 11.6. The van der Waals surface area contributed by atoms with Crippen molar-refractivity contribution in [2.24, 2.45) is 0 Å². The zero-order valence-electron chi connectivity index (χ0n) is 9.16. The van der Waals surface area contributed by atoms with Gasteiger partial charge in [0.1, 0.15) is 4.90 Å². The Morgan fingerprint density at radius 1 is 1.44 bits per heavy atom. The molecule has 0 unspecified atom stereocenters. The lowest BCUT2D eigenvalue weighted by atomic mass is 9.92. The molecule has 0 bridgehead atoms. The number of nitrogens with zero attached hydrogens (tertiary/aromatic N) is 1. The number of aromatic nitrogens is 2. The molecule has 0 spiro atoms. The molecule has 1 fully saturated rings. The number of nitrogens with one attached hydrogen (secondary N) is 3. The molecule has 0 aliphatic carbocycles. The quantitative estimate of drug-likeness (QED) is 0.689. The molecule has 7 heteroatoms. The molecule has 90 valence electrons. The molecule has 2 rings (SSSR count). The minimum absolute atomic E-state index is 0.187. The van der Waals surface area contributed by atoms with Gasteiger partial charge in [0.25, 0.3) is 0 Å². The summed E-state index contributed by atoms with van der Waals surface area (Å²) in [4.78, 5) is 0.187. The van der Waals surface area contributed by atoms with Gasteiger partial charge in [-0.1, -0.05) is 0 Å². The van der Waals surface area contributed by atoms with Crippen molar-refractivity contribution < 1.29 is 8.42 Å². The van der Waals surface area contributed by atoms with E-state index in [2.05, 4.69) is 20.2 Å². The third kappa shape index (κ3) is 2.42.